The molecule has 0 amide bonds. The Balaban J connectivity index is 1.85. The van der Waals surface area contributed by atoms with E-state index in [1.54, 1.807) is 18.4 Å². The molecule has 1 saturated heterocycles. The van der Waals surface area contributed by atoms with Crippen molar-refractivity contribution in [1.82, 2.24) is 20.1 Å². The van der Waals surface area contributed by atoms with Gasteiger partial charge in [-0.05, 0) is 58.7 Å². The number of aromatic nitrogens is 1. The minimum Gasteiger partial charge on any atom is -0.375 e. The van der Waals surface area contributed by atoms with Gasteiger partial charge in [-0.3, -0.25) is 4.99 Å². The maximum Gasteiger partial charge on any atom is 0.194 e. The Morgan fingerprint density at radius 1 is 1.44 bits per heavy atom. The highest BCUT2D eigenvalue weighted by molar-refractivity contribution is 7.09. The smallest absolute Gasteiger partial charge is 0.194 e. The number of hydrogen-bond donors (Lipinski definition) is 1. The fourth-order valence-electron chi connectivity index (χ4n) is 3.41. The Bertz CT molecular complexity index is 568. The van der Waals surface area contributed by atoms with E-state index >= 15 is 0 Å². The topological polar surface area (TPSA) is 53.0 Å². The first kappa shape index (κ1) is 22.1. The summed E-state index contributed by atoms with van der Waals surface area (Å²) in [6.07, 6.45) is 3.87. The second-order valence-corrected chi connectivity index (χ2v) is 8.20. The molecule has 2 rings (SSSR count). The number of nitrogens with zero attached hydrogens (tertiary/aromatic N) is 4. The quantitative estimate of drug-likeness (QED) is 0.513. The predicted molar refractivity (Wildman–Crippen MR) is 114 cm³/mol. The van der Waals surface area contributed by atoms with Gasteiger partial charge in [0.25, 0.3) is 0 Å². The number of nitrogens with one attached hydrogen (secondary N) is 1. The number of guanidine groups is 1. The van der Waals surface area contributed by atoms with Gasteiger partial charge in [-0.15, -0.1) is 11.3 Å². The zero-order chi connectivity index (χ0) is 19.6. The molecule has 1 fully saturated rings. The van der Waals surface area contributed by atoms with E-state index < -0.39 is 0 Å². The largest absolute Gasteiger partial charge is 0.375 e. The van der Waals surface area contributed by atoms with Gasteiger partial charge in [0.1, 0.15) is 11.1 Å². The van der Waals surface area contributed by atoms with Gasteiger partial charge >= 0.3 is 0 Å². The van der Waals surface area contributed by atoms with Crippen LogP contribution in [0.4, 0.5) is 0 Å². The summed E-state index contributed by atoms with van der Waals surface area (Å²) in [6, 6.07) is 0. The molecular formula is C20H37N5OS. The molecule has 6 nitrogen and oxygen atoms in total. The second-order valence-electron chi connectivity index (χ2n) is 7.31. The van der Waals surface area contributed by atoms with Crippen LogP contribution in [0.25, 0.3) is 0 Å². The van der Waals surface area contributed by atoms with Crippen molar-refractivity contribution in [1.29, 1.82) is 0 Å². The summed E-state index contributed by atoms with van der Waals surface area (Å²) in [7, 11) is 3.81. The van der Waals surface area contributed by atoms with Gasteiger partial charge in [-0.1, -0.05) is 6.92 Å². The first-order valence-corrected chi connectivity index (χ1v) is 11.1. The Morgan fingerprint density at radius 3 is 2.81 bits per heavy atom. The zero-order valence-corrected chi connectivity index (χ0v) is 18.5. The van der Waals surface area contributed by atoms with Crippen LogP contribution in [0.2, 0.25) is 0 Å². The molecule has 7 heteroatoms. The molecule has 1 N–H and O–H groups in total. The molecule has 1 unspecified atom stereocenters. The number of ether oxygens (including phenoxy) is 1. The van der Waals surface area contributed by atoms with Crippen molar-refractivity contribution >= 4 is 17.3 Å². The van der Waals surface area contributed by atoms with Crippen molar-refractivity contribution in [3.05, 3.63) is 16.1 Å². The summed E-state index contributed by atoms with van der Waals surface area (Å²) in [5, 5.41) is 6.56. The number of methoxy groups -OCH3 is 1. The number of thiazole rings is 1. The maximum absolute atomic E-state index is 5.36. The molecule has 0 aromatic carbocycles. The molecule has 154 valence electrons. The number of piperidine rings is 1. The fraction of sp³-hybridized carbons (Fsp3) is 0.800. The van der Waals surface area contributed by atoms with Gasteiger partial charge < -0.3 is 19.9 Å². The molecule has 1 aromatic rings. The fourth-order valence-corrected chi connectivity index (χ4v) is 4.26. The van der Waals surface area contributed by atoms with Crippen LogP contribution in [-0.2, 0) is 11.3 Å². The first-order valence-electron chi connectivity index (χ1n) is 10.3. The molecule has 0 bridgehead atoms. The normalized spacial score (nSPS) is 17.9. The Hall–Kier alpha value is -1.18. The van der Waals surface area contributed by atoms with Crippen molar-refractivity contribution in [2.24, 2.45) is 10.9 Å². The molecule has 1 aliphatic heterocycles. The van der Waals surface area contributed by atoms with Crippen LogP contribution in [0.3, 0.4) is 0 Å². The van der Waals surface area contributed by atoms with Crippen molar-refractivity contribution in [3.8, 4) is 0 Å². The lowest BCUT2D eigenvalue weighted by Crippen LogP contribution is -2.39. The second kappa shape index (κ2) is 11.6. The average molecular weight is 396 g/mol. The molecular weight excluding hydrogens is 358 g/mol. The zero-order valence-electron chi connectivity index (χ0n) is 17.7. The van der Waals surface area contributed by atoms with Gasteiger partial charge in [0.05, 0.1) is 12.2 Å². The first-order chi connectivity index (χ1) is 13.1. The lowest BCUT2D eigenvalue weighted by molar-refractivity contribution is 0.119. The van der Waals surface area contributed by atoms with Gasteiger partial charge in [0.2, 0.25) is 0 Å². The Kier molecular flexibility index (Phi) is 9.51. The van der Waals surface area contributed by atoms with Gasteiger partial charge in [-0.2, -0.15) is 0 Å². The third-order valence-electron chi connectivity index (χ3n) is 5.32. The molecule has 0 aliphatic carbocycles. The maximum atomic E-state index is 5.36. The van der Waals surface area contributed by atoms with Crippen LogP contribution in [0.15, 0.2) is 10.4 Å². The molecule has 0 saturated carbocycles. The van der Waals surface area contributed by atoms with E-state index in [-0.39, 0.29) is 6.10 Å². The van der Waals surface area contributed by atoms with E-state index in [2.05, 4.69) is 41.4 Å². The summed E-state index contributed by atoms with van der Waals surface area (Å²) in [6.45, 7) is 12.6. The lowest BCUT2D eigenvalue weighted by atomic mass is 9.94. The Labute approximate surface area is 169 Å². The lowest BCUT2D eigenvalue weighted by Gasteiger charge is -2.30. The molecule has 2 heterocycles. The number of hydrogen-bond acceptors (Lipinski definition) is 5. The van der Waals surface area contributed by atoms with Gasteiger partial charge in [-0.25, -0.2) is 4.98 Å². The summed E-state index contributed by atoms with van der Waals surface area (Å²) in [5.41, 5.74) is 1.07. The highest BCUT2D eigenvalue weighted by atomic mass is 32.1. The van der Waals surface area contributed by atoms with Crippen LogP contribution in [-0.4, -0.2) is 67.6 Å². The van der Waals surface area contributed by atoms with Crippen molar-refractivity contribution in [3.63, 3.8) is 0 Å². The number of aliphatic imine (C=N–C) groups is 1. The molecule has 1 atom stereocenters. The van der Waals surface area contributed by atoms with E-state index in [1.165, 1.54) is 38.9 Å². The third-order valence-corrected chi connectivity index (χ3v) is 6.37. The molecule has 0 radical (unpaired) electrons. The molecule has 27 heavy (non-hydrogen) atoms. The predicted octanol–water partition coefficient (Wildman–Crippen LogP) is 3.37. The summed E-state index contributed by atoms with van der Waals surface area (Å²) < 4.78 is 5.36. The highest BCUT2D eigenvalue weighted by Crippen LogP contribution is 2.21. The summed E-state index contributed by atoms with van der Waals surface area (Å²) >= 11 is 1.66. The minimum absolute atomic E-state index is 0.0510. The average Bonchev–Trinajstić information content (AvgIpc) is 3.15. The number of likely N-dealkylation sites (tertiary alicyclic amines) is 1. The SMILES string of the molecule is CCNC(=NCCC1CCN(CC)CC1)N(C)Cc1csc(C(C)OC)n1. The van der Waals surface area contributed by atoms with Crippen LogP contribution < -0.4 is 5.32 Å². The minimum atomic E-state index is 0.0510. The van der Waals surface area contributed by atoms with Crippen molar-refractivity contribution < 1.29 is 4.74 Å². The van der Waals surface area contributed by atoms with Crippen molar-refractivity contribution in [2.75, 3.05) is 46.9 Å². The van der Waals surface area contributed by atoms with Crippen LogP contribution in [0.5, 0.6) is 0 Å². The van der Waals surface area contributed by atoms with Crippen molar-refractivity contribution in [2.45, 2.75) is 52.7 Å². The molecule has 1 aliphatic rings. The highest BCUT2D eigenvalue weighted by Gasteiger charge is 2.18. The van der Waals surface area contributed by atoms with E-state index in [4.69, 9.17) is 14.7 Å². The van der Waals surface area contributed by atoms with Crippen LogP contribution >= 0.6 is 11.3 Å². The van der Waals surface area contributed by atoms with E-state index in [0.29, 0.717) is 0 Å². The third kappa shape index (κ3) is 7.05. The van der Waals surface area contributed by atoms with Crippen LogP contribution in [0.1, 0.15) is 56.8 Å². The standard InChI is InChI=1S/C20H37N5OS/c1-6-21-20(22-11-8-17-9-12-25(7-2)13-10-17)24(4)14-18-15-27-19(23-18)16(3)26-5/h15-17H,6-14H2,1-5H3,(H,21,22). The van der Waals surface area contributed by atoms with E-state index in [9.17, 15) is 0 Å². The molecule has 0 spiro atoms. The number of rotatable bonds is 9. The van der Waals surface area contributed by atoms with E-state index in [1.807, 2.05) is 6.92 Å². The van der Waals surface area contributed by atoms with Gasteiger partial charge in [0.15, 0.2) is 5.96 Å². The summed E-state index contributed by atoms with van der Waals surface area (Å²) in [4.78, 5) is 14.3. The van der Waals surface area contributed by atoms with Crippen LogP contribution in [0, 0.1) is 5.92 Å². The summed E-state index contributed by atoms with van der Waals surface area (Å²) in [5.74, 6) is 1.79. The monoisotopic (exact) mass is 395 g/mol. The molecule has 1 aromatic heterocycles. The van der Waals surface area contributed by atoms with E-state index in [0.717, 1.165) is 42.2 Å². The Morgan fingerprint density at radius 2 is 2.19 bits per heavy atom. The van der Waals surface area contributed by atoms with Gasteiger partial charge in [0, 0.05) is 32.6 Å².